The van der Waals surface area contributed by atoms with Crippen molar-refractivity contribution in [2.75, 3.05) is 0 Å². The average molecular weight is 301 g/mol. The van der Waals surface area contributed by atoms with E-state index < -0.39 is 8.07 Å². The molecule has 0 aromatic heterocycles. The lowest BCUT2D eigenvalue weighted by Crippen LogP contribution is -2.19. The zero-order valence-electron chi connectivity index (χ0n) is 14.9. The maximum atomic E-state index is 2.50. The molecule has 0 saturated carbocycles. The SMILES string of the molecule is CCCC(C)(C)C([SiH3])CCCCCCC[Si](C)(C)C. The monoisotopic (exact) mass is 300 g/mol. The van der Waals surface area contributed by atoms with Gasteiger partial charge in [-0.05, 0) is 17.4 Å². The van der Waals surface area contributed by atoms with Gasteiger partial charge < -0.3 is 0 Å². The molecule has 0 aliphatic rings. The van der Waals surface area contributed by atoms with Gasteiger partial charge in [0, 0.05) is 18.3 Å². The minimum absolute atomic E-state index is 0.610. The Hall–Kier alpha value is 0.434. The van der Waals surface area contributed by atoms with Crippen molar-refractivity contribution in [3.8, 4) is 0 Å². The first kappa shape index (κ1) is 19.4. The van der Waals surface area contributed by atoms with Crippen molar-refractivity contribution in [1.29, 1.82) is 0 Å². The van der Waals surface area contributed by atoms with E-state index >= 15 is 0 Å². The smallest absolute Gasteiger partial charge is 0.0442 e. The van der Waals surface area contributed by atoms with Crippen LogP contribution in [0.2, 0.25) is 31.2 Å². The van der Waals surface area contributed by atoms with Crippen LogP contribution >= 0.6 is 0 Å². The van der Waals surface area contributed by atoms with E-state index in [0.29, 0.717) is 5.41 Å². The molecule has 0 amide bonds. The largest absolute Gasteiger partial charge is 0.0695 e. The van der Waals surface area contributed by atoms with Crippen LogP contribution in [0.1, 0.15) is 72.1 Å². The summed E-state index contributed by atoms with van der Waals surface area (Å²) in [5.41, 5.74) is 1.63. The normalized spacial score (nSPS) is 14.8. The molecular formula is C17H40Si2. The molecule has 0 aliphatic carbocycles. The maximum absolute atomic E-state index is 2.50. The van der Waals surface area contributed by atoms with Gasteiger partial charge in [-0.15, -0.1) is 0 Å². The zero-order chi connectivity index (χ0) is 14.9. The van der Waals surface area contributed by atoms with Gasteiger partial charge in [0.25, 0.3) is 0 Å². The highest BCUT2D eigenvalue weighted by Crippen LogP contribution is 2.37. The lowest BCUT2D eigenvalue weighted by atomic mass is 9.82. The Balaban J connectivity index is 3.54. The highest BCUT2D eigenvalue weighted by Gasteiger charge is 2.23. The van der Waals surface area contributed by atoms with E-state index in [9.17, 15) is 0 Å². The second-order valence-corrected chi connectivity index (χ2v) is 15.5. The number of rotatable bonds is 11. The molecule has 19 heavy (non-hydrogen) atoms. The Morgan fingerprint density at radius 2 is 1.47 bits per heavy atom. The minimum Gasteiger partial charge on any atom is -0.0695 e. The molecule has 0 saturated heterocycles. The third kappa shape index (κ3) is 10.8. The van der Waals surface area contributed by atoms with Gasteiger partial charge in [-0.3, -0.25) is 0 Å². The van der Waals surface area contributed by atoms with Crippen LogP contribution in [0.25, 0.3) is 0 Å². The molecule has 0 aliphatic heterocycles. The van der Waals surface area contributed by atoms with E-state index in [-0.39, 0.29) is 0 Å². The summed E-state index contributed by atoms with van der Waals surface area (Å²) in [6.45, 7) is 14.8. The molecule has 0 heterocycles. The van der Waals surface area contributed by atoms with Crippen molar-refractivity contribution in [1.82, 2.24) is 0 Å². The number of hydrogen-bond acceptors (Lipinski definition) is 0. The molecule has 0 fully saturated rings. The Labute approximate surface area is 127 Å². The fourth-order valence-electron chi connectivity index (χ4n) is 2.92. The zero-order valence-corrected chi connectivity index (χ0v) is 17.9. The van der Waals surface area contributed by atoms with Gasteiger partial charge in [0.1, 0.15) is 0 Å². The van der Waals surface area contributed by atoms with Gasteiger partial charge in [0.05, 0.1) is 0 Å². The van der Waals surface area contributed by atoms with Crippen LogP contribution in [0.5, 0.6) is 0 Å². The standard InChI is InChI=1S/C17H40Si2/c1-7-14-17(2,3)16(18)13-11-9-8-10-12-15-19(4,5)6/h16H,7-15H2,1-6,18H3. The Bertz CT molecular complexity index is 216. The molecule has 0 aromatic carbocycles. The molecule has 0 spiro atoms. The average Bonchev–Trinajstić information content (AvgIpc) is 2.25. The summed E-state index contributed by atoms with van der Waals surface area (Å²) in [7, 11) is 0.609. The predicted octanol–water partition coefficient (Wildman–Crippen LogP) is 5.65. The summed E-state index contributed by atoms with van der Waals surface area (Å²) in [6.07, 6.45) is 11.7. The van der Waals surface area contributed by atoms with Crippen molar-refractivity contribution in [3.63, 3.8) is 0 Å². The fourth-order valence-corrected chi connectivity index (χ4v) is 4.93. The van der Waals surface area contributed by atoms with Gasteiger partial charge >= 0.3 is 0 Å². The van der Waals surface area contributed by atoms with E-state index in [1.807, 2.05) is 0 Å². The minimum atomic E-state index is -0.772. The lowest BCUT2D eigenvalue weighted by Gasteiger charge is -2.31. The van der Waals surface area contributed by atoms with Crippen LogP contribution < -0.4 is 0 Å². The van der Waals surface area contributed by atoms with Crippen LogP contribution in [0.4, 0.5) is 0 Å². The van der Waals surface area contributed by atoms with E-state index in [1.54, 1.807) is 0 Å². The molecular weight excluding hydrogens is 260 g/mol. The van der Waals surface area contributed by atoms with Crippen LogP contribution in [-0.4, -0.2) is 18.3 Å². The van der Waals surface area contributed by atoms with Crippen molar-refractivity contribution >= 4 is 18.3 Å². The highest BCUT2D eigenvalue weighted by molar-refractivity contribution is 6.76. The third-order valence-electron chi connectivity index (χ3n) is 4.79. The Morgan fingerprint density at radius 1 is 0.947 bits per heavy atom. The first-order valence-electron chi connectivity index (χ1n) is 8.69. The van der Waals surface area contributed by atoms with Crippen LogP contribution in [-0.2, 0) is 0 Å². The van der Waals surface area contributed by atoms with E-state index in [4.69, 9.17) is 0 Å². The van der Waals surface area contributed by atoms with E-state index in [1.165, 1.54) is 67.7 Å². The number of unbranched alkanes of at least 4 members (excludes halogenated alkanes) is 4. The molecule has 0 aromatic rings. The van der Waals surface area contributed by atoms with Crippen molar-refractivity contribution in [3.05, 3.63) is 0 Å². The van der Waals surface area contributed by atoms with E-state index in [2.05, 4.69) is 40.4 Å². The van der Waals surface area contributed by atoms with Crippen LogP contribution in [0, 0.1) is 5.41 Å². The van der Waals surface area contributed by atoms with E-state index in [0.717, 1.165) is 5.54 Å². The first-order chi connectivity index (χ1) is 8.69. The summed E-state index contributed by atoms with van der Waals surface area (Å²) in [6, 6.07) is 1.53. The molecule has 1 unspecified atom stereocenters. The molecule has 1 atom stereocenters. The molecule has 116 valence electrons. The molecule has 0 nitrogen and oxygen atoms in total. The van der Waals surface area contributed by atoms with Crippen molar-refractivity contribution in [2.24, 2.45) is 5.41 Å². The maximum Gasteiger partial charge on any atom is 0.0442 e. The Kier molecular flexibility index (Phi) is 9.60. The fraction of sp³-hybridized carbons (Fsp3) is 1.00. The van der Waals surface area contributed by atoms with Gasteiger partial charge in [-0.2, -0.15) is 0 Å². The van der Waals surface area contributed by atoms with Gasteiger partial charge in [0.2, 0.25) is 0 Å². The summed E-state index contributed by atoms with van der Waals surface area (Å²) in [5.74, 6) is 0. The van der Waals surface area contributed by atoms with Gasteiger partial charge in [-0.1, -0.05) is 91.4 Å². The lowest BCUT2D eigenvalue weighted by molar-refractivity contribution is 0.292. The first-order valence-corrected chi connectivity index (χ1v) is 13.6. The summed E-state index contributed by atoms with van der Waals surface area (Å²) in [4.78, 5) is 0. The highest BCUT2D eigenvalue weighted by atomic mass is 28.3. The second kappa shape index (κ2) is 9.38. The van der Waals surface area contributed by atoms with Crippen LogP contribution in [0.3, 0.4) is 0 Å². The molecule has 0 rings (SSSR count). The quantitative estimate of drug-likeness (QED) is 0.342. The molecule has 0 radical (unpaired) electrons. The second-order valence-electron chi connectivity index (χ2n) is 8.51. The van der Waals surface area contributed by atoms with Gasteiger partial charge in [0.15, 0.2) is 0 Å². The van der Waals surface area contributed by atoms with Crippen molar-refractivity contribution in [2.45, 2.75) is 103 Å². The molecule has 0 N–H and O–H groups in total. The third-order valence-corrected chi connectivity index (χ3v) is 8.79. The summed E-state index contributed by atoms with van der Waals surface area (Å²) < 4.78 is 0. The summed E-state index contributed by atoms with van der Waals surface area (Å²) >= 11 is 0. The summed E-state index contributed by atoms with van der Waals surface area (Å²) in [5, 5.41) is 0. The van der Waals surface area contributed by atoms with Gasteiger partial charge in [-0.25, -0.2) is 0 Å². The predicted molar refractivity (Wildman–Crippen MR) is 98.2 cm³/mol. The molecule has 0 bridgehead atoms. The molecule has 2 heteroatoms. The topological polar surface area (TPSA) is 0 Å². The van der Waals surface area contributed by atoms with Crippen LogP contribution in [0.15, 0.2) is 0 Å². The number of hydrogen-bond donors (Lipinski definition) is 0. The van der Waals surface area contributed by atoms with Crippen molar-refractivity contribution < 1.29 is 0 Å². The Morgan fingerprint density at radius 3 is 2.00 bits per heavy atom.